The van der Waals surface area contributed by atoms with Crippen LogP contribution in [0.2, 0.25) is 0 Å². The Labute approximate surface area is 154 Å². The fourth-order valence-electron chi connectivity index (χ4n) is 6.95. The van der Waals surface area contributed by atoms with Gasteiger partial charge in [0.25, 0.3) is 0 Å². The van der Waals surface area contributed by atoms with Crippen LogP contribution < -0.4 is 0 Å². The number of aliphatic hydroxyl groups excluding tert-OH is 3. The summed E-state index contributed by atoms with van der Waals surface area (Å²) in [5.41, 5.74) is -2.16. The molecule has 2 saturated carbocycles. The van der Waals surface area contributed by atoms with Crippen LogP contribution in [0.5, 0.6) is 0 Å². The number of aliphatic hydroxyl groups is 3. The topological polar surface area (TPSA) is 96.2 Å². The first-order chi connectivity index (χ1) is 12.1. The quantitative estimate of drug-likeness (QED) is 0.647. The van der Waals surface area contributed by atoms with Gasteiger partial charge in [-0.05, 0) is 25.7 Å². The van der Waals surface area contributed by atoms with Crippen LogP contribution in [0.15, 0.2) is 0 Å². The minimum Gasteiger partial charge on any atom is -0.396 e. The number of Topliss-reactive ketones (excluding diaryl/α,β-unsaturated/α-hetero) is 1. The Kier molecular flexibility index (Phi) is 4.15. The predicted octanol–water partition coefficient (Wildman–Crippen LogP) is 1.40. The Morgan fingerprint density at radius 1 is 1.15 bits per heavy atom. The van der Waals surface area contributed by atoms with Crippen molar-refractivity contribution in [1.82, 2.24) is 0 Å². The van der Waals surface area contributed by atoms with Crippen molar-refractivity contribution in [3.8, 4) is 0 Å². The molecule has 2 heterocycles. The zero-order valence-corrected chi connectivity index (χ0v) is 16.0. The van der Waals surface area contributed by atoms with Gasteiger partial charge in [-0.15, -0.1) is 0 Å². The van der Waals surface area contributed by atoms with E-state index in [2.05, 4.69) is 6.92 Å². The Morgan fingerprint density at radius 2 is 1.88 bits per heavy atom. The minimum absolute atomic E-state index is 0.0663. The smallest absolute Gasteiger partial charge is 0.166 e. The van der Waals surface area contributed by atoms with E-state index in [1.54, 1.807) is 0 Å². The standard InChI is InChI=1S/C20H32O6/c1-12-14(23)15(24)16-17(2,10-21)5-4-6-18(16,3)20(12)8-7-19(26-20)9-13(22)25-11-19/h12-14,16,21-23H,4-11H2,1-3H3. The molecule has 3 N–H and O–H groups in total. The van der Waals surface area contributed by atoms with Crippen molar-refractivity contribution in [2.24, 2.45) is 22.7 Å². The number of ether oxygens (including phenoxy) is 2. The second-order valence-electron chi connectivity index (χ2n) is 9.80. The monoisotopic (exact) mass is 368 g/mol. The van der Waals surface area contributed by atoms with Crippen LogP contribution in [-0.2, 0) is 14.3 Å². The molecular weight excluding hydrogens is 336 g/mol. The van der Waals surface area contributed by atoms with Crippen LogP contribution in [-0.4, -0.2) is 57.9 Å². The van der Waals surface area contributed by atoms with Crippen molar-refractivity contribution in [1.29, 1.82) is 0 Å². The number of fused-ring (bicyclic) bond motifs is 2. The summed E-state index contributed by atoms with van der Waals surface area (Å²) in [4.78, 5) is 13.2. The Morgan fingerprint density at radius 3 is 2.50 bits per heavy atom. The maximum absolute atomic E-state index is 13.2. The molecule has 6 nitrogen and oxygen atoms in total. The van der Waals surface area contributed by atoms with E-state index in [-0.39, 0.29) is 18.3 Å². The van der Waals surface area contributed by atoms with Crippen LogP contribution in [0.1, 0.15) is 59.3 Å². The molecule has 2 saturated heterocycles. The van der Waals surface area contributed by atoms with Gasteiger partial charge in [-0.2, -0.15) is 0 Å². The first kappa shape index (κ1) is 18.8. The van der Waals surface area contributed by atoms with E-state index in [4.69, 9.17) is 9.47 Å². The third-order valence-corrected chi connectivity index (χ3v) is 8.33. The molecule has 8 unspecified atom stereocenters. The molecule has 2 spiro atoms. The summed E-state index contributed by atoms with van der Waals surface area (Å²) in [5, 5.41) is 30.8. The highest BCUT2D eigenvalue weighted by molar-refractivity contribution is 5.88. The van der Waals surface area contributed by atoms with E-state index in [1.807, 2.05) is 13.8 Å². The first-order valence-electron chi connectivity index (χ1n) is 9.96. The van der Waals surface area contributed by atoms with Crippen molar-refractivity contribution in [2.75, 3.05) is 13.2 Å². The summed E-state index contributed by atoms with van der Waals surface area (Å²) in [6.45, 7) is 6.29. The lowest BCUT2D eigenvalue weighted by Crippen LogP contribution is -2.70. The van der Waals surface area contributed by atoms with Gasteiger partial charge in [0.1, 0.15) is 6.10 Å². The number of ketones is 1. The van der Waals surface area contributed by atoms with Crippen LogP contribution in [0, 0.1) is 22.7 Å². The predicted molar refractivity (Wildman–Crippen MR) is 93.2 cm³/mol. The van der Waals surface area contributed by atoms with Gasteiger partial charge >= 0.3 is 0 Å². The molecule has 6 heteroatoms. The van der Waals surface area contributed by atoms with Gasteiger partial charge in [-0.1, -0.05) is 27.2 Å². The maximum Gasteiger partial charge on any atom is 0.166 e. The fourth-order valence-corrected chi connectivity index (χ4v) is 6.95. The number of carbonyl (C=O) groups is 1. The van der Waals surface area contributed by atoms with Gasteiger partial charge in [-0.25, -0.2) is 0 Å². The van der Waals surface area contributed by atoms with E-state index in [1.165, 1.54) is 0 Å². The molecule has 4 rings (SSSR count). The van der Waals surface area contributed by atoms with Gasteiger partial charge in [0.15, 0.2) is 12.1 Å². The average Bonchev–Trinajstić information content (AvgIpc) is 3.16. The van der Waals surface area contributed by atoms with E-state index in [9.17, 15) is 20.1 Å². The van der Waals surface area contributed by atoms with Gasteiger partial charge in [-0.3, -0.25) is 4.79 Å². The number of carbonyl (C=O) groups excluding carboxylic acids is 1. The molecule has 0 aromatic rings. The molecule has 0 aromatic heterocycles. The van der Waals surface area contributed by atoms with E-state index in [0.29, 0.717) is 13.0 Å². The number of hydrogen-bond acceptors (Lipinski definition) is 6. The molecule has 148 valence electrons. The van der Waals surface area contributed by atoms with Crippen molar-refractivity contribution < 1.29 is 29.6 Å². The molecule has 0 bridgehead atoms. The van der Waals surface area contributed by atoms with E-state index in [0.717, 1.165) is 32.1 Å². The van der Waals surface area contributed by atoms with Crippen molar-refractivity contribution >= 4 is 5.78 Å². The minimum atomic E-state index is -1.08. The number of hydrogen-bond donors (Lipinski definition) is 3. The largest absolute Gasteiger partial charge is 0.396 e. The normalized spacial score (nSPS) is 57.1. The Hall–Kier alpha value is -0.530. The molecule has 2 aliphatic heterocycles. The zero-order valence-electron chi connectivity index (χ0n) is 16.0. The van der Waals surface area contributed by atoms with Gasteiger partial charge in [0, 0.05) is 35.7 Å². The first-order valence-corrected chi connectivity index (χ1v) is 9.96. The van der Waals surface area contributed by atoms with E-state index >= 15 is 0 Å². The molecule has 26 heavy (non-hydrogen) atoms. The second kappa shape index (κ2) is 5.74. The van der Waals surface area contributed by atoms with Crippen LogP contribution >= 0.6 is 0 Å². The summed E-state index contributed by atoms with van der Waals surface area (Å²) >= 11 is 0. The summed E-state index contributed by atoms with van der Waals surface area (Å²) in [6, 6.07) is 0. The highest BCUT2D eigenvalue weighted by Gasteiger charge is 2.72. The molecule has 4 fully saturated rings. The Bertz CT molecular complexity index is 609. The molecular formula is C20H32O6. The molecule has 0 amide bonds. The molecule has 8 atom stereocenters. The average molecular weight is 368 g/mol. The van der Waals surface area contributed by atoms with Crippen LogP contribution in [0.25, 0.3) is 0 Å². The third-order valence-electron chi connectivity index (χ3n) is 8.33. The second-order valence-corrected chi connectivity index (χ2v) is 9.80. The van der Waals surface area contributed by atoms with Crippen LogP contribution in [0.4, 0.5) is 0 Å². The molecule has 2 aliphatic carbocycles. The lowest BCUT2D eigenvalue weighted by molar-refractivity contribution is -0.259. The Balaban J connectivity index is 1.80. The maximum atomic E-state index is 13.2. The number of rotatable bonds is 1. The van der Waals surface area contributed by atoms with Crippen molar-refractivity contribution in [3.63, 3.8) is 0 Å². The summed E-state index contributed by atoms with van der Waals surface area (Å²) in [7, 11) is 0. The van der Waals surface area contributed by atoms with Gasteiger partial charge in [0.05, 0.1) is 17.8 Å². The van der Waals surface area contributed by atoms with Crippen LogP contribution in [0.3, 0.4) is 0 Å². The summed E-state index contributed by atoms with van der Waals surface area (Å²) < 4.78 is 12.2. The molecule has 4 aliphatic rings. The fraction of sp³-hybridized carbons (Fsp3) is 0.950. The highest BCUT2D eigenvalue weighted by Crippen LogP contribution is 2.67. The summed E-state index contributed by atoms with van der Waals surface area (Å²) in [5.74, 6) is -0.897. The summed E-state index contributed by atoms with van der Waals surface area (Å²) in [6.07, 6.45) is 2.58. The van der Waals surface area contributed by atoms with E-state index < -0.39 is 40.3 Å². The lowest BCUT2D eigenvalue weighted by Gasteiger charge is -2.64. The van der Waals surface area contributed by atoms with Gasteiger partial charge < -0.3 is 24.8 Å². The lowest BCUT2D eigenvalue weighted by atomic mass is 9.43. The van der Waals surface area contributed by atoms with Gasteiger partial charge in [0.2, 0.25) is 0 Å². The molecule has 0 radical (unpaired) electrons. The highest BCUT2D eigenvalue weighted by atomic mass is 16.6. The SMILES string of the molecule is CC1C(O)C(=O)C2C(C)(CO)CCCC2(C)C12CCC1(COC(O)C1)O2. The molecule has 0 aromatic carbocycles. The van der Waals surface area contributed by atoms with Crippen molar-refractivity contribution in [3.05, 3.63) is 0 Å². The third kappa shape index (κ3) is 2.20. The van der Waals surface area contributed by atoms with Crippen molar-refractivity contribution in [2.45, 2.75) is 82.9 Å². The zero-order chi connectivity index (χ0) is 19.0.